The summed E-state index contributed by atoms with van der Waals surface area (Å²) in [6.45, 7) is 0.795. The van der Waals surface area contributed by atoms with E-state index in [9.17, 15) is 4.39 Å². The number of benzene rings is 1. The molecule has 18 heavy (non-hydrogen) atoms. The molecule has 0 radical (unpaired) electrons. The molecule has 1 aromatic heterocycles. The molecule has 1 aromatic carbocycles. The minimum atomic E-state index is -0.0688. The van der Waals surface area contributed by atoms with Gasteiger partial charge in [0.2, 0.25) is 0 Å². The summed E-state index contributed by atoms with van der Waals surface area (Å²) in [6.07, 6.45) is 5.38. The molecule has 1 aliphatic rings. The summed E-state index contributed by atoms with van der Waals surface area (Å²) >= 11 is 0. The van der Waals surface area contributed by atoms with E-state index < -0.39 is 0 Å². The Morgan fingerprint density at radius 3 is 2.89 bits per heavy atom. The molecule has 0 saturated heterocycles. The molecule has 1 atom stereocenters. The topological polar surface area (TPSA) is 24.9 Å². The normalized spacial score (nSPS) is 17.7. The van der Waals surface area contributed by atoms with E-state index in [0.717, 1.165) is 30.5 Å². The number of aromatic nitrogens is 1. The number of fused-ring (bicyclic) bond motifs is 1. The van der Waals surface area contributed by atoms with E-state index >= 15 is 0 Å². The smallest absolute Gasteiger partial charge is 0.126 e. The van der Waals surface area contributed by atoms with Crippen molar-refractivity contribution < 1.29 is 4.39 Å². The maximum Gasteiger partial charge on any atom is 0.126 e. The minimum absolute atomic E-state index is 0.0688. The van der Waals surface area contributed by atoms with Crippen molar-refractivity contribution in [2.75, 3.05) is 0 Å². The highest BCUT2D eigenvalue weighted by molar-refractivity contribution is 5.35. The van der Waals surface area contributed by atoms with Crippen LogP contribution < -0.4 is 5.32 Å². The Hall–Kier alpha value is -1.74. The predicted octanol–water partition coefficient (Wildman–Crippen LogP) is 3.00. The molecule has 0 amide bonds. The van der Waals surface area contributed by atoms with Crippen LogP contribution in [0.2, 0.25) is 0 Å². The summed E-state index contributed by atoms with van der Waals surface area (Å²) in [4.78, 5) is 4.00. The van der Waals surface area contributed by atoms with Gasteiger partial charge >= 0.3 is 0 Å². The van der Waals surface area contributed by atoms with Gasteiger partial charge in [0.25, 0.3) is 0 Å². The molecule has 1 heterocycles. The third-order valence-corrected chi connectivity index (χ3v) is 3.52. The molecule has 0 aliphatic heterocycles. The monoisotopic (exact) mass is 242 g/mol. The van der Waals surface area contributed by atoms with Crippen LogP contribution in [0.1, 0.15) is 29.2 Å². The van der Waals surface area contributed by atoms with Crippen LogP contribution in [0.5, 0.6) is 0 Å². The van der Waals surface area contributed by atoms with E-state index in [1.165, 1.54) is 5.56 Å². The van der Waals surface area contributed by atoms with Crippen LogP contribution >= 0.6 is 0 Å². The molecule has 3 rings (SSSR count). The standard InChI is InChI=1S/C15H15FN2/c16-14-3-1-2-13-12(14)4-5-15(13)18-10-11-6-8-17-9-7-11/h1-3,6-9,15,18H,4-5,10H2. The number of hydrogen-bond acceptors (Lipinski definition) is 2. The van der Waals surface area contributed by atoms with Gasteiger partial charge in [0.05, 0.1) is 0 Å². The lowest BCUT2D eigenvalue weighted by atomic mass is 10.1. The second kappa shape index (κ2) is 4.86. The number of hydrogen-bond donors (Lipinski definition) is 1. The number of nitrogens with zero attached hydrogens (tertiary/aromatic N) is 1. The third-order valence-electron chi connectivity index (χ3n) is 3.52. The first-order chi connectivity index (χ1) is 8.84. The molecule has 3 heteroatoms. The Balaban J connectivity index is 1.72. The van der Waals surface area contributed by atoms with Crippen molar-refractivity contribution in [3.05, 3.63) is 65.2 Å². The van der Waals surface area contributed by atoms with Crippen molar-refractivity contribution in [3.8, 4) is 0 Å². The number of pyridine rings is 1. The Labute approximate surface area is 106 Å². The fraction of sp³-hybridized carbons (Fsp3) is 0.267. The van der Waals surface area contributed by atoms with E-state index in [-0.39, 0.29) is 11.9 Å². The second-order valence-electron chi connectivity index (χ2n) is 4.64. The molecule has 1 N–H and O–H groups in total. The predicted molar refractivity (Wildman–Crippen MR) is 68.5 cm³/mol. The lowest BCUT2D eigenvalue weighted by Crippen LogP contribution is -2.18. The molecule has 0 saturated carbocycles. The van der Waals surface area contributed by atoms with Crippen LogP contribution in [0, 0.1) is 5.82 Å². The van der Waals surface area contributed by atoms with E-state index in [0.29, 0.717) is 0 Å². The van der Waals surface area contributed by atoms with Gasteiger partial charge < -0.3 is 5.32 Å². The van der Waals surface area contributed by atoms with E-state index in [1.54, 1.807) is 24.5 Å². The second-order valence-corrected chi connectivity index (χ2v) is 4.64. The molecule has 0 spiro atoms. The van der Waals surface area contributed by atoms with Crippen molar-refractivity contribution >= 4 is 0 Å². The Morgan fingerprint density at radius 2 is 2.06 bits per heavy atom. The molecule has 0 fully saturated rings. The molecule has 1 unspecified atom stereocenters. The van der Waals surface area contributed by atoms with Crippen LogP contribution in [0.3, 0.4) is 0 Å². The van der Waals surface area contributed by atoms with Crippen molar-refractivity contribution in [1.82, 2.24) is 10.3 Å². The van der Waals surface area contributed by atoms with Gasteiger partial charge in [-0.15, -0.1) is 0 Å². The van der Waals surface area contributed by atoms with Crippen LogP contribution in [-0.2, 0) is 13.0 Å². The van der Waals surface area contributed by atoms with E-state index in [2.05, 4.69) is 10.3 Å². The summed E-state index contributed by atoms with van der Waals surface area (Å²) in [6, 6.07) is 9.62. The van der Waals surface area contributed by atoms with Crippen molar-refractivity contribution in [2.45, 2.75) is 25.4 Å². The van der Waals surface area contributed by atoms with Crippen LogP contribution in [0.15, 0.2) is 42.7 Å². The van der Waals surface area contributed by atoms with Crippen LogP contribution in [0.25, 0.3) is 0 Å². The molecular weight excluding hydrogens is 227 g/mol. The van der Waals surface area contributed by atoms with Crippen LogP contribution in [-0.4, -0.2) is 4.98 Å². The largest absolute Gasteiger partial charge is 0.306 e. The molecule has 0 bridgehead atoms. The maximum absolute atomic E-state index is 13.6. The van der Waals surface area contributed by atoms with Gasteiger partial charge in [-0.25, -0.2) is 4.39 Å². The van der Waals surface area contributed by atoms with E-state index in [1.807, 2.05) is 18.2 Å². The van der Waals surface area contributed by atoms with Crippen molar-refractivity contribution in [1.29, 1.82) is 0 Å². The summed E-state index contributed by atoms with van der Waals surface area (Å²) < 4.78 is 13.6. The third kappa shape index (κ3) is 2.14. The summed E-state index contributed by atoms with van der Waals surface area (Å²) in [5, 5.41) is 3.49. The Kier molecular flexibility index (Phi) is 3.07. The highest BCUT2D eigenvalue weighted by Crippen LogP contribution is 2.32. The number of nitrogens with one attached hydrogen (secondary N) is 1. The minimum Gasteiger partial charge on any atom is -0.306 e. The van der Waals surface area contributed by atoms with E-state index in [4.69, 9.17) is 0 Å². The fourth-order valence-corrected chi connectivity index (χ4v) is 2.56. The van der Waals surface area contributed by atoms with Gasteiger partial charge in [0, 0.05) is 25.0 Å². The molecule has 92 valence electrons. The van der Waals surface area contributed by atoms with Gasteiger partial charge in [0.15, 0.2) is 0 Å². The molecule has 2 nitrogen and oxygen atoms in total. The Morgan fingerprint density at radius 1 is 1.22 bits per heavy atom. The molecular formula is C15H15FN2. The number of halogens is 1. The van der Waals surface area contributed by atoms with Gasteiger partial charge in [-0.2, -0.15) is 0 Å². The zero-order valence-corrected chi connectivity index (χ0v) is 10.1. The zero-order valence-electron chi connectivity index (χ0n) is 10.1. The zero-order chi connectivity index (χ0) is 12.4. The first-order valence-electron chi connectivity index (χ1n) is 6.24. The first-order valence-corrected chi connectivity index (χ1v) is 6.24. The van der Waals surface area contributed by atoms with Gasteiger partial charge in [-0.05, 0) is 47.7 Å². The summed E-state index contributed by atoms with van der Waals surface area (Å²) in [5.74, 6) is -0.0688. The highest BCUT2D eigenvalue weighted by atomic mass is 19.1. The number of rotatable bonds is 3. The molecule has 1 aliphatic carbocycles. The van der Waals surface area contributed by atoms with Crippen LogP contribution in [0.4, 0.5) is 4.39 Å². The van der Waals surface area contributed by atoms with Gasteiger partial charge in [-0.1, -0.05) is 12.1 Å². The Bertz CT molecular complexity index is 539. The van der Waals surface area contributed by atoms with Gasteiger partial charge in [0.1, 0.15) is 5.82 Å². The SMILES string of the molecule is Fc1cccc2c1CCC2NCc1ccncc1. The lowest BCUT2D eigenvalue weighted by Gasteiger charge is -2.14. The fourth-order valence-electron chi connectivity index (χ4n) is 2.56. The lowest BCUT2D eigenvalue weighted by molar-refractivity contribution is 0.530. The quantitative estimate of drug-likeness (QED) is 0.895. The summed E-state index contributed by atoms with van der Waals surface area (Å²) in [5.41, 5.74) is 3.20. The average molecular weight is 242 g/mol. The average Bonchev–Trinajstić information content (AvgIpc) is 2.82. The van der Waals surface area contributed by atoms with Gasteiger partial charge in [-0.3, -0.25) is 4.98 Å². The maximum atomic E-state index is 13.6. The highest BCUT2D eigenvalue weighted by Gasteiger charge is 2.23. The molecule has 2 aromatic rings. The first kappa shape index (κ1) is 11.4. The van der Waals surface area contributed by atoms with Crippen molar-refractivity contribution in [3.63, 3.8) is 0 Å². The van der Waals surface area contributed by atoms with Crippen molar-refractivity contribution in [2.24, 2.45) is 0 Å². The summed E-state index contributed by atoms with van der Waals surface area (Å²) in [7, 11) is 0.